The van der Waals surface area contributed by atoms with Crippen LogP contribution < -0.4 is 15.3 Å². The van der Waals surface area contributed by atoms with Gasteiger partial charge in [0.25, 0.3) is 0 Å². The largest absolute Gasteiger partial charge is 0.497 e. The maximum atomic E-state index is 13.5. The third kappa shape index (κ3) is 4.01. The number of hydrogen-bond acceptors (Lipinski definition) is 7. The fraction of sp³-hybridized carbons (Fsp3) is 0.211. The van der Waals surface area contributed by atoms with Crippen molar-refractivity contribution in [2.75, 3.05) is 13.0 Å². The highest BCUT2D eigenvalue weighted by molar-refractivity contribution is 7.98. The van der Waals surface area contributed by atoms with Crippen molar-refractivity contribution in [1.82, 2.24) is 24.4 Å². The Kier molecular flexibility index (Phi) is 5.70. The zero-order valence-electron chi connectivity index (χ0n) is 15.9. The van der Waals surface area contributed by atoms with Crippen molar-refractivity contribution in [3.63, 3.8) is 0 Å². The first kappa shape index (κ1) is 20.0. The third-order valence-corrected chi connectivity index (χ3v) is 5.28. The van der Waals surface area contributed by atoms with Crippen molar-refractivity contribution in [2.24, 2.45) is 0 Å². The van der Waals surface area contributed by atoms with E-state index in [4.69, 9.17) is 15.3 Å². The van der Waals surface area contributed by atoms with E-state index in [1.807, 2.05) is 0 Å². The fourth-order valence-electron chi connectivity index (χ4n) is 2.89. The molecule has 0 radical (unpaired) electrons. The van der Waals surface area contributed by atoms with E-state index in [-0.39, 0.29) is 18.2 Å². The van der Waals surface area contributed by atoms with Gasteiger partial charge in [0, 0.05) is 6.07 Å². The number of hydrogen-bond donors (Lipinski definition) is 1. The second-order valence-corrected chi connectivity index (χ2v) is 7.13. The summed E-state index contributed by atoms with van der Waals surface area (Å²) in [6.45, 7) is -2.61. The van der Waals surface area contributed by atoms with Crippen LogP contribution in [0, 0.1) is 0 Å². The molecule has 0 saturated heterocycles. The molecule has 0 aliphatic carbocycles. The maximum absolute atomic E-state index is 13.5. The molecule has 0 atom stereocenters. The molecule has 2 aromatic carbocycles. The molecule has 156 valence electrons. The minimum absolute atomic E-state index is 0.0901. The lowest BCUT2D eigenvalue weighted by Gasteiger charge is -2.08. The molecule has 2 heterocycles. The number of alkyl halides is 2. The van der Waals surface area contributed by atoms with Gasteiger partial charge in [-0.25, -0.2) is 9.66 Å². The first-order valence-electron chi connectivity index (χ1n) is 8.90. The number of nitrogens with two attached hydrogens (primary N) is 1. The molecule has 0 fully saturated rings. The van der Waals surface area contributed by atoms with Gasteiger partial charge in [0.2, 0.25) is 5.16 Å². The van der Waals surface area contributed by atoms with E-state index >= 15 is 0 Å². The van der Waals surface area contributed by atoms with Gasteiger partial charge in [0.05, 0.1) is 23.9 Å². The molecule has 0 bridgehead atoms. The van der Waals surface area contributed by atoms with Crippen LogP contribution >= 0.6 is 11.8 Å². The summed E-state index contributed by atoms with van der Waals surface area (Å²) in [5.41, 5.74) is 0.889. The van der Waals surface area contributed by atoms with E-state index in [0.717, 1.165) is 4.57 Å². The van der Waals surface area contributed by atoms with Gasteiger partial charge in [-0.1, -0.05) is 30.0 Å². The molecule has 0 spiro atoms. The van der Waals surface area contributed by atoms with E-state index in [1.54, 1.807) is 55.6 Å². The maximum Gasteiger partial charge on any atom is 0.320 e. The van der Waals surface area contributed by atoms with Gasteiger partial charge in [-0.05, 0) is 24.3 Å². The van der Waals surface area contributed by atoms with E-state index < -0.39 is 6.55 Å². The van der Waals surface area contributed by atoms with Crippen molar-refractivity contribution in [1.29, 1.82) is 0 Å². The highest BCUT2D eigenvalue weighted by atomic mass is 32.2. The number of para-hydroxylation sites is 2. The van der Waals surface area contributed by atoms with Gasteiger partial charge in [-0.15, -0.1) is 10.2 Å². The number of ether oxygens (including phenoxy) is 2. The molecule has 0 unspecified atom stereocenters. The Balaban J connectivity index is 1.46. The number of rotatable bonds is 8. The molecule has 0 aliphatic heterocycles. The van der Waals surface area contributed by atoms with E-state index in [9.17, 15) is 8.78 Å². The van der Waals surface area contributed by atoms with Gasteiger partial charge in [0.15, 0.2) is 5.82 Å². The number of imidazole rings is 1. The lowest BCUT2D eigenvalue weighted by molar-refractivity contribution is 0.0722. The smallest absolute Gasteiger partial charge is 0.320 e. The quantitative estimate of drug-likeness (QED) is 0.336. The first-order valence-corrected chi connectivity index (χ1v) is 9.88. The lowest BCUT2D eigenvalue weighted by atomic mass is 10.3. The van der Waals surface area contributed by atoms with Crippen LogP contribution in [0.2, 0.25) is 0 Å². The number of fused-ring (bicyclic) bond motifs is 1. The van der Waals surface area contributed by atoms with Crippen LogP contribution in [0.5, 0.6) is 11.5 Å². The molecule has 0 aliphatic rings. The summed E-state index contributed by atoms with van der Waals surface area (Å²) in [6, 6.07) is 13.9. The zero-order chi connectivity index (χ0) is 21.1. The summed E-state index contributed by atoms with van der Waals surface area (Å²) in [6.07, 6.45) is 0. The van der Waals surface area contributed by atoms with Crippen molar-refractivity contribution in [3.05, 3.63) is 60.2 Å². The molecular formula is C19H18F2N6O2S. The second-order valence-electron chi connectivity index (χ2n) is 6.19. The van der Waals surface area contributed by atoms with Gasteiger partial charge in [-0.3, -0.25) is 4.57 Å². The van der Waals surface area contributed by atoms with Gasteiger partial charge < -0.3 is 15.3 Å². The summed E-state index contributed by atoms with van der Waals surface area (Å²) >= 11 is 1.17. The number of benzene rings is 2. The van der Waals surface area contributed by atoms with Gasteiger partial charge >= 0.3 is 6.55 Å². The van der Waals surface area contributed by atoms with E-state index in [1.165, 1.54) is 16.4 Å². The molecule has 4 aromatic rings. The topological polar surface area (TPSA) is 93.0 Å². The number of nitrogen functional groups attached to an aromatic ring is 1. The second kappa shape index (κ2) is 8.57. The van der Waals surface area contributed by atoms with Crippen LogP contribution in [-0.2, 0) is 12.4 Å². The SMILES string of the molecule is COc1cccc(OCc2nnc(SCc3nc4ccccc4n3C(F)F)n2N)c1. The Labute approximate surface area is 174 Å². The zero-order valence-corrected chi connectivity index (χ0v) is 16.7. The molecule has 2 aromatic heterocycles. The van der Waals surface area contributed by atoms with E-state index in [0.29, 0.717) is 33.5 Å². The molecular weight excluding hydrogens is 414 g/mol. The van der Waals surface area contributed by atoms with Crippen LogP contribution in [0.25, 0.3) is 11.0 Å². The predicted octanol–water partition coefficient (Wildman–Crippen LogP) is 3.62. The molecule has 8 nitrogen and oxygen atoms in total. The highest BCUT2D eigenvalue weighted by Gasteiger charge is 2.19. The molecule has 0 amide bonds. The standard InChI is InChI=1S/C19H18F2N6O2S/c1-28-12-5-4-6-13(9-12)29-10-16-24-25-19(27(16)22)30-11-17-23-14-7-2-3-8-15(14)26(17)18(20)21/h2-9,18H,10-11,22H2,1H3. The first-order chi connectivity index (χ1) is 14.6. The summed E-state index contributed by atoms with van der Waals surface area (Å²) in [5, 5.41) is 8.42. The Hall–Kier alpha value is -3.34. The van der Waals surface area contributed by atoms with Crippen LogP contribution in [0.4, 0.5) is 8.78 Å². The van der Waals surface area contributed by atoms with Crippen molar-refractivity contribution in [3.8, 4) is 11.5 Å². The lowest BCUT2D eigenvalue weighted by Crippen LogP contribution is -2.16. The van der Waals surface area contributed by atoms with Crippen LogP contribution in [0.3, 0.4) is 0 Å². The molecule has 30 heavy (non-hydrogen) atoms. The predicted molar refractivity (Wildman–Crippen MR) is 108 cm³/mol. The summed E-state index contributed by atoms with van der Waals surface area (Å²) in [4.78, 5) is 4.31. The summed E-state index contributed by atoms with van der Waals surface area (Å²) in [7, 11) is 1.57. The van der Waals surface area contributed by atoms with Crippen LogP contribution in [0.15, 0.2) is 53.7 Å². The number of nitrogens with zero attached hydrogens (tertiary/aromatic N) is 5. The number of halogens is 2. The Morgan fingerprint density at radius 2 is 1.87 bits per heavy atom. The highest BCUT2D eigenvalue weighted by Crippen LogP contribution is 2.28. The minimum atomic E-state index is -2.70. The summed E-state index contributed by atoms with van der Waals surface area (Å²) in [5.74, 6) is 8.09. The Bertz CT molecular complexity index is 1160. The van der Waals surface area contributed by atoms with Gasteiger partial charge in [-0.2, -0.15) is 8.78 Å². The third-order valence-electron chi connectivity index (χ3n) is 4.34. The Morgan fingerprint density at radius 3 is 2.67 bits per heavy atom. The monoisotopic (exact) mass is 432 g/mol. The number of thioether (sulfide) groups is 1. The van der Waals surface area contributed by atoms with E-state index in [2.05, 4.69) is 15.2 Å². The van der Waals surface area contributed by atoms with Crippen LogP contribution in [0.1, 0.15) is 18.2 Å². The number of aromatic nitrogens is 5. The normalized spacial score (nSPS) is 11.3. The summed E-state index contributed by atoms with van der Waals surface area (Å²) < 4.78 is 40.1. The molecule has 2 N–H and O–H groups in total. The average molecular weight is 432 g/mol. The average Bonchev–Trinajstić information content (AvgIpc) is 3.30. The van der Waals surface area contributed by atoms with Crippen molar-refractivity contribution >= 4 is 22.8 Å². The molecule has 4 rings (SSSR count). The van der Waals surface area contributed by atoms with Crippen molar-refractivity contribution in [2.45, 2.75) is 24.1 Å². The van der Waals surface area contributed by atoms with Gasteiger partial charge in [0.1, 0.15) is 23.9 Å². The molecule has 11 heteroatoms. The van der Waals surface area contributed by atoms with Crippen molar-refractivity contribution < 1.29 is 18.3 Å². The fourth-order valence-corrected chi connectivity index (χ4v) is 3.69. The Morgan fingerprint density at radius 1 is 1.07 bits per heavy atom. The number of methoxy groups -OCH3 is 1. The minimum Gasteiger partial charge on any atom is -0.497 e. The molecule has 0 saturated carbocycles. The van der Waals surface area contributed by atoms with Crippen LogP contribution in [-0.4, -0.2) is 31.5 Å².